The quantitative estimate of drug-likeness (QED) is 0.794. The molecule has 1 rings (SSSR count). The van der Waals surface area contributed by atoms with Crippen LogP contribution in [0.25, 0.3) is 0 Å². The van der Waals surface area contributed by atoms with Crippen LogP contribution < -0.4 is 5.73 Å². The van der Waals surface area contributed by atoms with Gasteiger partial charge in [0, 0.05) is 6.42 Å². The van der Waals surface area contributed by atoms with Crippen molar-refractivity contribution in [3.63, 3.8) is 0 Å². The predicted molar refractivity (Wildman–Crippen MR) is 38.9 cm³/mol. The molecule has 1 aromatic rings. The van der Waals surface area contributed by atoms with E-state index in [-0.39, 0.29) is 5.76 Å². The third kappa shape index (κ3) is 2.73. The van der Waals surface area contributed by atoms with Gasteiger partial charge in [0.05, 0.1) is 6.20 Å². The first-order valence-electron chi connectivity index (χ1n) is 3.76. The Labute approximate surface area is 72.7 Å². The summed E-state index contributed by atoms with van der Waals surface area (Å²) in [6.45, 7) is 0.419. The number of nitrogens with zero attached hydrogens (tertiary/aromatic N) is 1. The number of hydrogen-bond acceptors (Lipinski definition) is 3. The fraction of sp³-hybridized carbons (Fsp3) is 0.571. The molecule has 0 amide bonds. The van der Waals surface area contributed by atoms with E-state index in [0.29, 0.717) is 19.4 Å². The van der Waals surface area contributed by atoms with Crippen LogP contribution >= 0.6 is 0 Å². The first-order valence-corrected chi connectivity index (χ1v) is 3.76. The molecule has 0 atom stereocenters. The summed E-state index contributed by atoms with van der Waals surface area (Å²) < 4.78 is 40.3. The Morgan fingerprint density at radius 1 is 1.46 bits per heavy atom. The molecule has 0 saturated heterocycles. The minimum absolute atomic E-state index is 0.220. The van der Waals surface area contributed by atoms with Crippen LogP contribution in [0, 0.1) is 0 Å². The molecule has 0 aliphatic rings. The first-order chi connectivity index (χ1) is 6.04. The normalized spacial score (nSPS) is 12.0. The van der Waals surface area contributed by atoms with Gasteiger partial charge in [0.15, 0.2) is 0 Å². The second-order valence-corrected chi connectivity index (χ2v) is 2.52. The number of alkyl halides is 3. The Hall–Kier alpha value is -1.04. The van der Waals surface area contributed by atoms with Gasteiger partial charge in [0.1, 0.15) is 5.76 Å². The average molecular weight is 194 g/mol. The van der Waals surface area contributed by atoms with Crippen LogP contribution in [-0.4, -0.2) is 11.5 Å². The molecule has 1 heterocycles. The summed E-state index contributed by atoms with van der Waals surface area (Å²) in [4.78, 5) is 3.11. The number of hydrogen-bond donors (Lipinski definition) is 1. The number of aromatic nitrogens is 1. The van der Waals surface area contributed by atoms with E-state index in [0.717, 1.165) is 6.20 Å². The zero-order chi connectivity index (χ0) is 9.90. The summed E-state index contributed by atoms with van der Waals surface area (Å²) in [5, 5.41) is 0. The molecule has 0 radical (unpaired) electrons. The monoisotopic (exact) mass is 194 g/mol. The lowest BCUT2D eigenvalue weighted by molar-refractivity contribution is -0.157. The minimum atomic E-state index is -4.50. The molecule has 74 valence electrons. The second-order valence-electron chi connectivity index (χ2n) is 2.52. The number of halogens is 3. The Kier molecular flexibility index (Phi) is 2.92. The molecular weight excluding hydrogens is 185 g/mol. The third-order valence-corrected chi connectivity index (χ3v) is 1.42. The third-order valence-electron chi connectivity index (χ3n) is 1.42. The predicted octanol–water partition coefficient (Wildman–Crippen LogP) is 1.58. The molecule has 0 aliphatic heterocycles. The van der Waals surface area contributed by atoms with Gasteiger partial charge in [-0.25, -0.2) is 4.98 Å². The Morgan fingerprint density at radius 3 is 2.62 bits per heavy atom. The topological polar surface area (TPSA) is 52.0 Å². The van der Waals surface area contributed by atoms with Crippen molar-refractivity contribution < 1.29 is 17.6 Å². The standard InChI is InChI=1S/C7H9F3N2O/c8-7(9,10)6-12-4-5(13-6)2-1-3-11/h4H,1-3,11H2. The highest BCUT2D eigenvalue weighted by molar-refractivity contribution is 4.96. The van der Waals surface area contributed by atoms with Crippen molar-refractivity contribution in [2.24, 2.45) is 5.73 Å². The summed E-state index contributed by atoms with van der Waals surface area (Å²) in [5.41, 5.74) is 5.18. The van der Waals surface area contributed by atoms with Gasteiger partial charge in [-0.3, -0.25) is 0 Å². The van der Waals surface area contributed by atoms with Crippen molar-refractivity contribution in [1.82, 2.24) is 4.98 Å². The Balaban J connectivity index is 2.64. The second kappa shape index (κ2) is 3.78. The van der Waals surface area contributed by atoms with E-state index in [1.165, 1.54) is 0 Å². The lowest BCUT2D eigenvalue weighted by atomic mass is 10.3. The summed E-state index contributed by atoms with van der Waals surface area (Å²) in [6.07, 6.45) is -2.44. The van der Waals surface area contributed by atoms with Crippen LogP contribution in [0.3, 0.4) is 0 Å². The van der Waals surface area contributed by atoms with Gasteiger partial charge >= 0.3 is 12.1 Å². The van der Waals surface area contributed by atoms with Crippen LogP contribution in [0.1, 0.15) is 18.1 Å². The highest BCUT2D eigenvalue weighted by Crippen LogP contribution is 2.28. The van der Waals surface area contributed by atoms with Crippen molar-refractivity contribution >= 4 is 0 Å². The molecule has 3 nitrogen and oxygen atoms in total. The first kappa shape index (κ1) is 10.0. The molecule has 0 saturated carbocycles. The molecule has 13 heavy (non-hydrogen) atoms. The molecule has 0 spiro atoms. The average Bonchev–Trinajstić information content (AvgIpc) is 2.47. The molecule has 0 unspecified atom stereocenters. The van der Waals surface area contributed by atoms with E-state index < -0.39 is 12.1 Å². The Bertz CT molecular complexity index is 269. The lowest BCUT2D eigenvalue weighted by Gasteiger charge is -1.98. The lowest BCUT2D eigenvalue weighted by Crippen LogP contribution is -2.04. The summed E-state index contributed by atoms with van der Waals surface area (Å²) in [5.74, 6) is -0.975. The van der Waals surface area contributed by atoms with E-state index in [1.807, 2.05) is 0 Å². The molecular formula is C7H9F3N2O. The van der Waals surface area contributed by atoms with Gasteiger partial charge < -0.3 is 10.2 Å². The number of nitrogens with two attached hydrogens (primary N) is 1. The van der Waals surface area contributed by atoms with Gasteiger partial charge in [-0.1, -0.05) is 0 Å². The molecule has 0 bridgehead atoms. The number of aryl methyl sites for hydroxylation is 1. The van der Waals surface area contributed by atoms with Crippen molar-refractivity contribution in [2.75, 3.05) is 6.54 Å². The zero-order valence-corrected chi connectivity index (χ0v) is 6.77. The Morgan fingerprint density at radius 2 is 2.15 bits per heavy atom. The van der Waals surface area contributed by atoms with Crippen LogP contribution in [0.2, 0.25) is 0 Å². The number of rotatable bonds is 3. The minimum Gasteiger partial charge on any atom is -0.438 e. The van der Waals surface area contributed by atoms with Crippen LogP contribution in [0.5, 0.6) is 0 Å². The van der Waals surface area contributed by atoms with E-state index in [9.17, 15) is 13.2 Å². The maximum Gasteiger partial charge on any atom is 0.468 e. The van der Waals surface area contributed by atoms with Gasteiger partial charge in [-0.2, -0.15) is 13.2 Å². The van der Waals surface area contributed by atoms with Crippen molar-refractivity contribution in [3.8, 4) is 0 Å². The van der Waals surface area contributed by atoms with Gasteiger partial charge in [0.25, 0.3) is 0 Å². The van der Waals surface area contributed by atoms with E-state index in [2.05, 4.69) is 9.40 Å². The highest BCUT2D eigenvalue weighted by atomic mass is 19.4. The highest BCUT2D eigenvalue weighted by Gasteiger charge is 2.36. The van der Waals surface area contributed by atoms with E-state index >= 15 is 0 Å². The summed E-state index contributed by atoms with van der Waals surface area (Å²) in [6, 6.07) is 0. The van der Waals surface area contributed by atoms with Crippen molar-refractivity contribution in [1.29, 1.82) is 0 Å². The van der Waals surface area contributed by atoms with Gasteiger partial charge in [0.2, 0.25) is 0 Å². The molecule has 0 aliphatic carbocycles. The summed E-state index contributed by atoms with van der Waals surface area (Å²) >= 11 is 0. The van der Waals surface area contributed by atoms with Crippen LogP contribution in [0.4, 0.5) is 13.2 Å². The number of oxazole rings is 1. The smallest absolute Gasteiger partial charge is 0.438 e. The maximum atomic E-state index is 11.9. The molecule has 0 aromatic carbocycles. The molecule has 1 aromatic heterocycles. The maximum absolute atomic E-state index is 11.9. The van der Waals surface area contributed by atoms with E-state index in [4.69, 9.17) is 5.73 Å². The fourth-order valence-electron chi connectivity index (χ4n) is 0.830. The largest absolute Gasteiger partial charge is 0.468 e. The van der Waals surface area contributed by atoms with Crippen LogP contribution in [0.15, 0.2) is 10.6 Å². The summed E-state index contributed by atoms with van der Waals surface area (Å²) in [7, 11) is 0. The zero-order valence-electron chi connectivity index (χ0n) is 6.77. The van der Waals surface area contributed by atoms with Gasteiger partial charge in [-0.15, -0.1) is 0 Å². The van der Waals surface area contributed by atoms with Gasteiger partial charge in [-0.05, 0) is 13.0 Å². The molecule has 6 heteroatoms. The molecule has 0 fully saturated rings. The SMILES string of the molecule is NCCCc1cnc(C(F)(F)F)o1. The van der Waals surface area contributed by atoms with Crippen molar-refractivity contribution in [3.05, 3.63) is 17.8 Å². The fourth-order valence-corrected chi connectivity index (χ4v) is 0.830. The van der Waals surface area contributed by atoms with Crippen LogP contribution in [-0.2, 0) is 12.6 Å². The molecule has 2 N–H and O–H groups in total. The van der Waals surface area contributed by atoms with Crippen molar-refractivity contribution in [2.45, 2.75) is 19.0 Å². The van der Waals surface area contributed by atoms with E-state index in [1.54, 1.807) is 0 Å².